The minimum atomic E-state index is -0.222. The van der Waals surface area contributed by atoms with E-state index < -0.39 is 0 Å². The third-order valence-corrected chi connectivity index (χ3v) is 8.09. The monoisotopic (exact) mass is 545 g/mol. The Morgan fingerprint density at radius 3 is 2.58 bits per heavy atom. The SMILES string of the molecule is C=CCc1cc(/C=C2/SC(=O)N(CC3CCCCC3)C2=O)cc(OC)c1OCc1ccc(Cl)c(Cl)c1. The molecule has 0 atom stereocenters. The highest BCUT2D eigenvalue weighted by molar-refractivity contribution is 8.18. The minimum Gasteiger partial charge on any atom is -0.493 e. The van der Waals surface area contributed by atoms with Gasteiger partial charge in [-0.05, 0) is 78.4 Å². The third kappa shape index (κ3) is 6.28. The van der Waals surface area contributed by atoms with Crippen molar-refractivity contribution in [2.45, 2.75) is 45.1 Å². The molecule has 2 aliphatic rings. The molecule has 1 saturated carbocycles. The topological polar surface area (TPSA) is 55.8 Å². The van der Waals surface area contributed by atoms with Gasteiger partial charge >= 0.3 is 0 Å². The first-order valence-corrected chi connectivity index (χ1v) is 13.6. The van der Waals surface area contributed by atoms with Gasteiger partial charge in [0.2, 0.25) is 0 Å². The molecule has 2 aromatic carbocycles. The Bertz CT molecular complexity index is 1190. The highest BCUT2D eigenvalue weighted by Gasteiger charge is 2.36. The van der Waals surface area contributed by atoms with Crippen LogP contribution in [0.4, 0.5) is 4.79 Å². The summed E-state index contributed by atoms with van der Waals surface area (Å²) < 4.78 is 11.8. The van der Waals surface area contributed by atoms with Crippen molar-refractivity contribution in [3.05, 3.63) is 74.6 Å². The van der Waals surface area contributed by atoms with Crippen molar-refractivity contribution in [3.8, 4) is 11.5 Å². The van der Waals surface area contributed by atoms with Crippen LogP contribution in [0.5, 0.6) is 11.5 Å². The van der Waals surface area contributed by atoms with E-state index in [1.165, 1.54) is 24.2 Å². The number of thioether (sulfide) groups is 1. The van der Waals surface area contributed by atoms with Crippen LogP contribution in [0.15, 0.2) is 47.9 Å². The molecule has 36 heavy (non-hydrogen) atoms. The molecule has 1 saturated heterocycles. The van der Waals surface area contributed by atoms with Gasteiger partial charge in [0, 0.05) is 12.1 Å². The first-order chi connectivity index (χ1) is 17.4. The van der Waals surface area contributed by atoms with Gasteiger partial charge in [-0.1, -0.05) is 54.6 Å². The lowest BCUT2D eigenvalue weighted by Crippen LogP contribution is -2.34. The summed E-state index contributed by atoms with van der Waals surface area (Å²) in [7, 11) is 1.57. The fourth-order valence-electron chi connectivity index (χ4n) is 4.61. The Kier molecular flexibility index (Phi) is 9.04. The predicted octanol–water partition coefficient (Wildman–Crippen LogP) is 7.93. The maximum absolute atomic E-state index is 13.1. The van der Waals surface area contributed by atoms with Crippen molar-refractivity contribution in [3.63, 3.8) is 0 Å². The molecule has 0 aromatic heterocycles. The van der Waals surface area contributed by atoms with Crippen LogP contribution in [0, 0.1) is 5.92 Å². The van der Waals surface area contributed by atoms with E-state index in [4.69, 9.17) is 32.7 Å². The molecule has 190 valence electrons. The van der Waals surface area contributed by atoms with Gasteiger partial charge < -0.3 is 9.47 Å². The molecule has 0 N–H and O–H groups in total. The van der Waals surface area contributed by atoms with E-state index in [0.29, 0.717) is 45.3 Å². The normalized spacial score (nSPS) is 17.6. The van der Waals surface area contributed by atoms with Crippen LogP contribution in [0.2, 0.25) is 10.0 Å². The van der Waals surface area contributed by atoms with Crippen LogP contribution < -0.4 is 9.47 Å². The number of nitrogens with zero attached hydrogens (tertiary/aromatic N) is 1. The van der Waals surface area contributed by atoms with Gasteiger partial charge in [-0.25, -0.2) is 0 Å². The summed E-state index contributed by atoms with van der Waals surface area (Å²) in [6.45, 7) is 4.64. The van der Waals surface area contributed by atoms with Crippen LogP contribution in [-0.2, 0) is 17.8 Å². The summed E-state index contributed by atoms with van der Waals surface area (Å²) in [5.41, 5.74) is 2.48. The number of imide groups is 1. The van der Waals surface area contributed by atoms with E-state index in [9.17, 15) is 9.59 Å². The lowest BCUT2D eigenvalue weighted by Gasteiger charge is -2.25. The van der Waals surface area contributed by atoms with Crippen molar-refractivity contribution in [1.82, 2.24) is 4.90 Å². The van der Waals surface area contributed by atoms with Gasteiger partial charge in [0.15, 0.2) is 11.5 Å². The molecular weight excluding hydrogens is 517 g/mol. The highest BCUT2D eigenvalue weighted by atomic mass is 35.5. The number of hydrogen-bond donors (Lipinski definition) is 0. The van der Waals surface area contributed by atoms with E-state index in [0.717, 1.165) is 41.3 Å². The van der Waals surface area contributed by atoms with Crippen LogP contribution in [0.25, 0.3) is 6.08 Å². The van der Waals surface area contributed by atoms with Crippen LogP contribution >= 0.6 is 35.0 Å². The maximum Gasteiger partial charge on any atom is 0.293 e. The Hall–Kier alpha value is -2.41. The second kappa shape index (κ2) is 12.2. The summed E-state index contributed by atoms with van der Waals surface area (Å²) in [6.07, 6.45) is 9.80. The molecular formula is C28H29Cl2NO4S. The predicted molar refractivity (Wildman–Crippen MR) is 147 cm³/mol. The summed E-state index contributed by atoms with van der Waals surface area (Å²) in [6, 6.07) is 9.09. The summed E-state index contributed by atoms with van der Waals surface area (Å²) in [5.74, 6) is 1.30. The number of halogens is 2. The molecule has 0 unspecified atom stereocenters. The third-order valence-electron chi connectivity index (χ3n) is 6.44. The van der Waals surface area contributed by atoms with Gasteiger partial charge in [-0.3, -0.25) is 14.5 Å². The number of amides is 2. The average molecular weight is 547 g/mol. The first kappa shape index (κ1) is 26.6. The van der Waals surface area contributed by atoms with E-state index in [1.54, 1.807) is 31.4 Å². The number of carbonyl (C=O) groups is 2. The van der Waals surface area contributed by atoms with Crippen molar-refractivity contribution in [1.29, 1.82) is 0 Å². The molecule has 8 heteroatoms. The number of methoxy groups -OCH3 is 1. The molecule has 2 fully saturated rings. The molecule has 5 nitrogen and oxygen atoms in total. The van der Waals surface area contributed by atoms with Crippen LogP contribution in [-0.4, -0.2) is 29.7 Å². The quantitative estimate of drug-likeness (QED) is 0.236. The molecule has 1 aliphatic heterocycles. The largest absolute Gasteiger partial charge is 0.493 e. The van der Waals surface area contributed by atoms with Crippen molar-refractivity contribution < 1.29 is 19.1 Å². The van der Waals surface area contributed by atoms with Crippen molar-refractivity contribution >= 4 is 52.2 Å². The molecule has 0 spiro atoms. The molecule has 1 heterocycles. The second-order valence-corrected chi connectivity index (χ2v) is 10.8. The van der Waals surface area contributed by atoms with E-state index in [1.807, 2.05) is 18.2 Å². The second-order valence-electron chi connectivity index (χ2n) is 9.04. The summed E-state index contributed by atoms with van der Waals surface area (Å²) in [5, 5.41) is 0.748. The minimum absolute atomic E-state index is 0.198. The fourth-order valence-corrected chi connectivity index (χ4v) is 5.78. The van der Waals surface area contributed by atoms with Crippen molar-refractivity contribution in [2.75, 3.05) is 13.7 Å². The fraction of sp³-hybridized carbons (Fsp3) is 0.357. The average Bonchev–Trinajstić information content (AvgIpc) is 3.13. The van der Waals surface area contributed by atoms with Gasteiger partial charge in [0.1, 0.15) is 6.61 Å². The summed E-state index contributed by atoms with van der Waals surface area (Å²) >= 11 is 13.1. The number of benzene rings is 2. The Morgan fingerprint density at radius 2 is 1.89 bits per heavy atom. The van der Waals surface area contributed by atoms with E-state index >= 15 is 0 Å². The van der Waals surface area contributed by atoms with E-state index in [-0.39, 0.29) is 17.8 Å². The van der Waals surface area contributed by atoms with Crippen molar-refractivity contribution in [2.24, 2.45) is 5.92 Å². The maximum atomic E-state index is 13.1. The zero-order valence-electron chi connectivity index (χ0n) is 20.2. The lowest BCUT2D eigenvalue weighted by atomic mass is 9.89. The molecule has 0 radical (unpaired) electrons. The van der Waals surface area contributed by atoms with Gasteiger partial charge in [0.05, 0.1) is 22.1 Å². The molecule has 1 aliphatic carbocycles. The number of carbonyl (C=O) groups excluding carboxylic acids is 2. The number of ether oxygens (including phenoxy) is 2. The number of rotatable bonds is 9. The van der Waals surface area contributed by atoms with Crippen LogP contribution in [0.3, 0.4) is 0 Å². The summed E-state index contributed by atoms with van der Waals surface area (Å²) in [4.78, 5) is 27.5. The van der Waals surface area contributed by atoms with Gasteiger partial charge in [-0.15, -0.1) is 6.58 Å². The Labute approximate surface area is 226 Å². The van der Waals surface area contributed by atoms with Gasteiger partial charge in [0.25, 0.3) is 11.1 Å². The molecule has 2 amide bonds. The van der Waals surface area contributed by atoms with Crippen LogP contribution in [0.1, 0.15) is 48.8 Å². The standard InChI is InChI=1S/C28H29Cl2NO4S/c1-3-7-21-12-20(14-24(34-2)26(21)35-17-19-10-11-22(29)23(30)13-19)15-25-27(32)31(28(33)36-25)16-18-8-5-4-6-9-18/h3,10-15,18H,1,4-9,16-17H2,2H3/b25-15+. The smallest absolute Gasteiger partial charge is 0.293 e. The molecule has 2 aromatic rings. The number of hydrogen-bond acceptors (Lipinski definition) is 5. The number of allylic oxidation sites excluding steroid dienone is 1. The Morgan fingerprint density at radius 1 is 1.11 bits per heavy atom. The Balaban J connectivity index is 1.56. The van der Waals surface area contributed by atoms with E-state index in [2.05, 4.69) is 6.58 Å². The van der Waals surface area contributed by atoms with Gasteiger partial charge in [-0.2, -0.15) is 0 Å². The zero-order valence-corrected chi connectivity index (χ0v) is 22.6. The molecule has 4 rings (SSSR count). The molecule has 0 bridgehead atoms. The lowest BCUT2D eigenvalue weighted by molar-refractivity contribution is -0.123. The highest BCUT2D eigenvalue weighted by Crippen LogP contribution is 2.38. The zero-order chi connectivity index (χ0) is 25.7. The first-order valence-electron chi connectivity index (χ1n) is 12.0.